The maximum atomic E-state index is 12.0. The molecule has 3 nitrogen and oxygen atoms in total. The molecule has 1 aromatic carbocycles. The zero-order chi connectivity index (χ0) is 13.7. The van der Waals surface area contributed by atoms with Crippen molar-refractivity contribution >= 4 is 21.8 Å². The van der Waals surface area contributed by atoms with Crippen LogP contribution in [0.3, 0.4) is 0 Å². The van der Waals surface area contributed by atoms with Crippen LogP contribution in [-0.2, 0) is 11.3 Å². The Morgan fingerprint density at radius 1 is 1.25 bits per heavy atom. The predicted octanol–water partition coefficient (Wildman–Crippen LogP) is -0.382. The van der Waals surface area contributed by atoms with Gasteiger partial charge in [-0.1, -0.05) is 30.3 Å². The van der Waals surface area contributed by atoms with Crippen molar-refractivity contribution in [3.8, 4) is 0 Å². The Morgan fingerprint density at radius 2 is 1.95 bits per heavy atom. The van der Waals surface area contributed by atoms with Gasteiger partial charge >= 0.3 is 0 Å². The van der Waals surface area contributed by atoms with Crippen LogP contribution in [0.15, 0.2) is 59.3 Å². The molecule has 106 valence electrons. The number of carbonyl (C=O) groups excluding carboxylic acids is 1. The van der Waals surface area contributed by atoms with Gasteiger partial charge in [0.05, 0.1) is 10.5 Å². The molecule has 0 saturated heterocycles. The van der Waals surface area contributed by atoms with Crippen molar-refractivity contribution in [2.24, 2.45) is 0 Å². The summed E-state index contributed by atoms with van der Waals surface area (Å²) in [6.45, 7) is 2.30. The van der Waals surface area contributed by atoms with E-state index in [2.05, 4.69) is 21.2 Å². The first-order chi connectivity index (χ1) is 9.15. The summed E-state index contributed by atoms with van der Waals surface area (Å²) in [6, 6.07) is 13.8. The Kier molecular flexibility index (Phi) is 6.68. The van der Waals surface area contributed by atoms with Crippen LogP contribution < -0.4 is 22.3 Å². The quantitative estimate of drug-likeness (QED) is 0.745. The molecule has 5 heteroatoms. The van der Waals surface area contributed by atoms with Gasteiger partial charge in [-0.2, -0.15) is 4.57 Å². The highest BCUT2D eigenvalue weighted by molar-refractivity contribution is 9.10. The van der Waals surface area contributed by atoms with Gasteiger partial charge in [-0.25, -0.2) is 0 Å². The molecule has 1 N–H and O–H groups in total. The molecule has 1 atom stereocenters. The van der Waals surface area contributed by atoms with Crippen molar-refractivity contribution in [3.05, 3.63) is 64.9 Å². The molecule has 0 aliphatic rings. The van der Waals surface area contributed by atoms with Crippen LogP contribution in [0.1, 0.15) is 18.5 Å². The number of aromatic nitrogens is 1. The van der Waals surface area contributed by atoms with Gasteiger partial charge < -0.3 is 17.7 Å². The molecule has 2 aromatic rings. The molecule has 0 saturated carbocycles. The lowest BCUT2D eigenvalue weighted by atomic mass is 10.1. The van der Waals surface area contributed by atoms with Crippen LogP contribution in [0, 0.1) is 0 Å². The summed E-state index contributed by atoms with van der Waals surface area (Å²) in [5.41, 5.74) is 1.11. The molecule has 0 fully saturated rings. The topological polar surface area (TPSA) is 33.0 Å². The predicted molar refractivity (Wildman–Crippen MR) is 77.3 cm³/mol. The number of amides is 1. The molecule has 1 amide bonds. The Labute approximate surface area is 133 Å². The lowest BCUT2D eigenvalue weighted by molar-refractivity contribution is -0.685. The smallest absolute Gasteiger partial charge is 0.286 e. The van der Waals surface area contributed by atoms with E-state index < -0.39 is 0 Å². The van der Waals surface area contributed by atoms with Crippen molar-refractivity contribution < 1.29 is 21.8 Å². The van der Waals surface area contributed by atoms with E-state index in [9.17, 15) is 4.79 Å². The van der Waals surface area contributed by atoms with E-state index in [0.717, 1.165) is 10.0 Å². The Morgan fingerprint density at radius 3 is 2.60 bits per heavy atom. The summed E-state index contributed by atoms with van der Waals surface area (Å²) in [7, 11) is 0. The van der Waals surface area contributed by atoms with E-state index in [0.29, 0.717) is 6.54 Å². The van der Waals surface area contributed by atoms with Crippen molar-refractivity contribution in [2.75, 3.05) is 0 Å². The molecular weight excluding hydrogens is 340 g/mol. The van der Waals surface area contributed by atoms with Crippen LogP contribution in [-0.4, -0.2) is 5.91 Å². The van der Waals surface area contributed by atoms with Gasteiger partial charge in [-0.05, 0) is 34.5 Å². The Balaban J connectivity index is 0.00000200. The number of rotatable bonds is 4. The first-order valence-electron chi connectivity index (χ1n) is 6.14. The zero-order valence-corrected chi connectivity index (χ0v) is 13.4. The average molecular weight is 356 g/mol. The van der Waals surface area contributed by atoms with Gasteiger partial charge in [0.25, 0.3) is 5.91 Å². The van der Waals surface area contributed by atoms with E-state index >= 15 is 0 Å². The summed E-state index contributed by atoms with van der Waals surface area (Å²) >= 11 is 3.39. The lowest BCUT2D eigenvalue weighted by Gasteiger charge is -2.12. The Bertz CT molecular complexity index is 563. The van der Waals surface area contributed by atoms with E-state index in [1.54, 1.807) is 0 Å². The van der Waals surface area contributed by atoms with E-state index in [1.165, 1.54) is 0 Å². The van der Waals surface area contributed by atoms with Gasteiger partial charge in [0, 0.05) is 6.07 Å². The van der Waals surface area contributed by atoms with Crippen LogP contribution in [0.2, 0.25) is 0 Å². The number of hydrogen-bond acceptors (Lipinski definition) is 1. The molecule has 1 heterocycles. The maximum absolute atomic E-state index is 12.0. The monoisotopic (exact) mass is 354 g/mol. The number of hydrogen-bond donors (Lipinski definition) is 1. The molecule has 2 rings (SSSR count). The maximum Gasteiger partial charge on any atom is 0.286 e. The lowest BCUT2D eigenvalue weighted by Crippen LogP contribution is -3.00. The number of nitrogens with zero attached hydrogens (tertiary/aromatic N) is 1. The summed E-state index contributed by atoms with van der Waals surface area (Å²) < 4.78 is 2.80. The Hall–Kier alpha value is -1.39. The third-order valence-electron chi connectivity index (χ3n) is 2.83. The largest absolute Gasteiger partial charge is 1.00 e. The van der Waals surface area contributed by atoms with Crippen LogP contribution in [0.4, 0.5) is 0 Å². The zero-order valence-electron chi connectivity index (χ0n) is 11.1. The SMILES string of the molecule is CC(NC(=O)C[n+]1cccc(Br)c1)c1ccccc1.[Cl-]. The molecule has 0 aliphatic heterocycles. The summed E-state index contributed by atoms with van der Waals surface area (Å²) in [5, 5.41) is 2.99. The molecule has 1 unspecified atom stereocenters. The van der Waals surface area contributed by atoms with Crippen LogP contribution in [0.25, 0.3) is 0 Å². The van der Waals surface area contributed by atoms with Crippen molar-refractivity contribution in [1.29, 1.82) is 0 Å². The van der Waals surface area contributed by atoms with Gasteiger partial charge in [0.1, 0.15) is 0 Å². The number of carbonyl (C=O) groups is 1. The number of pyridine rings is 1. The number of benzene rings is 1. The second kappa shape index (κ2) is 8.02. The fraction of sp³-hybridized carbons (Fsp3) is 0.200. The fourth-order valence-electron chi connectivity index (χ4n) is 1.87. The minimum Gasteiger partial charge on any atom is -1.00 e. The van der Waals surface area contributed by atoms with Gasteiger partial charge in [-0.3, -0.25) is 4.79 Å². The first kappa shape index (κ1) is 16.7. The van der Waals surface area contributed by atoms with Crippen LogP contribution >= 0.6 is 15.9 Å². The van der Waals surface area contributed by atoms with Crippen molar-refractivity contribution in [3.63, 3.8) is 0 Å². The minimum absolute atomic E-state index is 0. The van der Waals surface area contributed by atoms with E-state index in [-0.39, 0.29) is 24.4 Å². The highest BCUT2D eigenvalue weighted by Gasteiger charge is 2.13. The molecule has 1 aromatic heterocycles. The summed E-state index contributed by atoms with van der Waals surface area (Å²) in [4.78, 5) is 12.0. The van der Waals surface area contributed by atoms with Gasteiger partial charge in [0.2, 0.25) is 6.54 Å². The highest BCUT2D eigenvalue weighted by atomic mass is 79.9. The molecule has 0 aliphatic carbocycles. The highest BCUT2D eigenvalue weighted by Crippen LogP contribution is 2.10. The standard InChI is InChI=1S/C15H15BrN2O.ClH/c1-12(13-6-3-2-4-7-13)17-15(19)11-18-9-5-8-14(16)10-18;/h2-10,12H,11H2,1H3;1H. The van der Waals surface area contributed by atoms with Gasteiger partial charge in [-0.15, -0.1) is 0 Å². The molecule has 20 heavy (non-hydrogen) atoms. The fourth-order valence-corrected chi connectivity index (χ4v) is 2.28. The van der Waals surface area contributed by atoms with Crippen molar-refractivity contribution in [1.82, 2.24) is 5.32 Å². The van der Waals surface area contributed by atoms with Crippen LogP contribution in [0.5, 0.6) is 0 Å². The minimum atomic E-state index is -0.000506. The second-order valence-electron chi connectivity index (χ2n) is 4.39. The van der Waals surface area contributed by atoms with E-state index in [1.807, 2.05) is 66.3 Å². The third-order valence-corrected chi connectivity index (χ3v) is 3.29. The average Bonchev–Trinajstić information content (AvgIpc) is 2.39. The molecular formula is C15H16BrClN2O. The second-order valence-corrected chi connectivity index (χ2v) is 5.31. The molecule has 0 radical (unpaired) electrons. The first-order valence-corrected chi connectivity index (χ1v) is 6.93. The van der Waals surface area contributed by atoms with E-state index in [4.69, 9.17) is 0 Å². The molecule has 0 spiro atoms. The van der Waals surface area contributed by atoms with Gasteiger partial charge in [0.15, 0.2) is 12.4 Å². The number of halogens is 2. The normalized spacial score (nSPS) is 11.3. The number of nitrogens with one attached hydrogen (secondary N) is 1. The third kappa shape index (κ3) is 4.94. The molecule has 0 bridgehead atoms. The van der Waals surface area contributed by atoms with Crippen molar-refractivity contribution in [2.45, 2.75) is 19.5 Å². The summed E-state index contributed by atoms with van der Waals surface area (Å²) in [5.74, 6) is -0.000506. The summed E-state index contributed by atoms with van der Waals surface area (Å²) in [6.07, 6.45) is 3.75.